The van der Waals surface area contributed by atoms with Crippen LogP contribution in [0.5, 0.6) is 0 Å². The van der Waals surface area contributed by atoms with Crippen molar-refractivity contribution in [1.29, 1.82) is 0 Å². The van der Waals surface area contributed by atoms with Gasteiger partial charge in [-0.2, -0.15) is 0 Å². The number of carbonyl (C=O) groups is 1. The van der Waals surface area contributed by atoms with E-state index in [0.717, 1.165) is 42.0 Å². The Kier molecular flexibility index (Phi) is 5.08. The highest BCUT2D eigenvalue weighted by molar-refractivity contribution is 9.10. The van der Waals surface area contributed by atoms with E-state index in [2.05, 4.69) is 35.1 Å². The highest BCUT2D eigenvalue weighted by Gasteiger charge is 2.24. The summed E-state index contributed by atoms with van der Waals surface area (Å²) in [5.74, 6) is 0.948. The standard InChI is InChI=1S/C16H23BrN2O/c1-11-6-8-19(9-7-11)16(20)13(3)18-14-5-4-12(2)15(17)10-14/h4-5,10-11,13,18H,6-9H2,1-3H3. The Morgan fingerprint density at radius 1 is 1.40 bits per heavy atom. The molecule has 0 radical (unpaired) electrons. The zero-order chi connectivity index (χ0) is 14.7. The highest BCUT2D eigenvalue weighted by Crippen LogP contribution is 2.22. The molecule has 1 aliphatic rings. The zero-order valence-electron chi connectivity index (χ0n) is 12.4. The van der Waals surface area contributed by atoms with Gasteiger partial charge in [-0.1, -0.05) is 28.9 Å². The lowest BCUT2D eigenvalue weighted by Crippen LogP contribution is -2.45. The fourth-order valence-corrected chi connectivity index (χ4v) is 2.88. The summed E-state index contributed by atoms with van der Waals surface area (Å²) < 4.78 is 1.06. The molecule has 0 aliphatic carbocycles. The Hall–Kier alpha value is -1.03. The minimum absolute atomic E-state index is 0.182. The minimum atomic E-state index is -0.182. The van der Waals surface area contributed by atoms with Crippen LogP contribution in [0.1, 0.15) is 32.3 Å². The molecule has 0 bridgehead atoms. The minimum Gasteiger partial charge on any atom is -0.374 e. The van der Waals surface area contributed by atoms with Gasteiger partial charge in [0, 0.05) is 23.2 Å². The van der Waals surface area contributed by atoms with E-state index in [0.29, 0.717) is 0 Å². The second-order valence-corrected chi connectivity index (χ2v) is 6.69. The van der Waals surface area contributed by atoms with Gasteiger partial charge in [-0.15, -0.1) is 0 Å². The molecule has 3 nitrogen and oxygen atoms in total. The van der Waals surface area contributed by atoms with E-state index in [1.807, 2.05) is 30.0 Å². The number of piperidine rings is 1. The summed E-state index contributed by atoms with van der Waals surface area (Å²) in [6.07, 6.45) is 2.24. The molecule has 0 saturated carbocycles. The summed E-state index contributed by atoms with van der Waals surface area (Å²) in [5.41, 5.74) is 2.17. The number of rotatable bonds is 3. The number of anilines is 1. The largest absolute Gasteiger partial charge is 0.374 e. The Balaban J connectivity index is 1.95. The second kappa shape index (κ2) is 6.61. The van der Waals surface area contributed by atoms with Crippen molar-refractivity contribution in [3.05, 3.63) is 28.2 Å². The van der Waals surface area contributed by atoms with Gasteiger partial charge in [0.25, 0.3) is 0 Å². The predicted molar refractivity (Wildman–Crippen MR) is 86.9 cm³/mol. The van der Waals surface area contributed by atoms with Crippen molar-refractivity contribution < 1.29 is 4.79 Å². The van der Waals surface area contributed by atoms with Gasteiger partial charge >= 0.3 is 0 Å². The Morgan fingerprint density at radius 2 is 2.05 bits per heavy atom. The van der Waals surface area contributed by atoms with Gasteiger partial charge in [0.15, 0.2) is 0 Å². The number of nitrogens with one attached hydrogen (secondary N) is 1. The van der Waals surface area contributed by atoms with Crippen LogP contribution in [0.3, 0.4) is 0 Å². The summed E-state index contributed by atoms with van der Waals surface area (Å²) in [7, 11) is 0. The molecule has 1 amide bonds. The molecule has 0 aromatic heterocycles. The quantitative estimate of drug-likeness (QED) is 0.908. The Morgan fingerprint density at radius 3 is 2.65 bits per heavy atom. The maximum absolute atomic E-state index is 12.4. The van der Waals surface area contributed by atoms with Gasteiger partial charge in [0.2, 0.25) is 5.91 Å². The number of likely N-dealkylation sites (tertiary alicyclic amines) is 1. The van der Waals surface area contributed by atoms with E-state index < -0.39 is 0 Å². The van der Waals surface area contributed by atoms with E-state index in [9.17, 15) is 4.79 Å². The van der Waals surface area contributed by atoms with E-state index in [-0.39, 0.29) is 11.9 Å². The number of hydrogen-bond acceptors (Lipinski definition) is 2. The van der Waals surface area contributed by atoms with Crippen molar-refractivity contribution >= 4 is 27.5 Å². The number of amides is 1. The third kappa shape index (κ3) is 3.75. The van der Waals surface area contributed by atoms with Crippen LogP contribution in [0.15, 0.2) is 22.7 Å². The Bertz CT molecular complexity index is 481. The third-order valence-corrected chi connectivity index (χ3v) is 4.88. The summed E-state index contributed by atoms with van der Waals surface area (Å²) in [4.78, 5) is 14.4. The fourth-order valence-electron chi connectivity index (χ4n) is 2.50. The van der Waals surface area contributed by atoms with Crippen molar-refractivity contribution in [2.75, 3.05) is 18.4 Å². The molecule has 20 heavy (non-hydrogen) atoms. The number of aryl methyl sites for hydroxylation is 1. The first-order valence-electron chi connectivity index (χ1n) is 7.29. The number of nitrogens with zero attached hydrogens (tertiary/aromatic N) is 1. The first kappa shape index (κ1) is 15.4. The van der Waals surface area contributed by atoms with Crippen LogP contribution in [-0.4, -0.2) is 29.9 Å². The van der Waals surface area contributed by atoms with E-state index in [1.54, 1.807) is 0 Å². The molecular formula is C16H23BrN2O. The van der Waals surface area contributed by atoms with Crippen LogP contribution in [-0.2, 0) is 4.79 Å². The monoisotopic (exact) mass is 338 g/mol. The molecule has 0 spiro atoms. The molecule has 1 aromatic rings. The maximum Gasteiger partial charge on any atom is 0.244 e. The van der Waals surface area contributed by atoms with Gasteiger partial charge in [0.1, 0.15) is 6.04 Å². The molecule has 1 fully saturated rings. The highest BCUT2D eigenvalue weighted by atomic mass is 79.9. The van der Waals surface area contributed by atoms with Crippen molar-refractivity contribution in [2.45, 2.75) is 39.7 Å². The van der Waals surface area contributed by atoms with Crippen LogP contribution in [0, 0.1) is 12.8 Å². The topological polar surface area (TPSA) is 32.3 Å². The van der Waals surface area contributed by atoms with E-state index >= 15 is 0 Å². The molecule has 1 N–H and O–H groups in total. The van der Waals surface area contributed by atoms with Gasteiger partial charge in [0.05, 0.1) is 0 Å². The molecule has 1 aliphatic heterocycles. The summed E-state index contributed by atoms with van der Waals surface area (Å²) in [5, 5.41) is 3.30. The third-order valence-electron chi connectivity index (χ3n) is 4.02. The molecule has 1 unspecified atom stereocenters. The van der Waals surface area contributed by atoms with Crippen molar-refractivity contribution in [1.82, 2.24) is 4.90 Å². The average molecular weight is 339 g/mol. The molecule has 110 valence electrons. The van der Waals surface area contributed by atoms with Crippen LogP contribution in [0.25, 0.3) is 0 Å². The summed E-state index contributed by atoms with van der Waals surface area (Å²) >= 11 is 3.52. The molecule has 4 heteroatoms. The number of halogens is 1. The lowest BCUT2D eigenvalue weighted by Gasteiger charge is -2.32. The molecule has 2 rings (SSSR count). The van der Waals surface area contributed by atoms with Gasteiger partial charge in [-0.25, -0.2) is 0 Å². The first-order chi connectivity index (χ1) is 9.47. The molecule has 1 heterocycles. The number of carbonyl (C=O) groups excluding carboxylic acids is 1. The van der Waals surface area contributed by atoms with Crippen LogP contribution in [0.2, 0.25) is 0 Å². The molecular weight excluding hydrogens is 316 g/mol. The van der Waals surface area contributed by atoms with Crippen LogP contribution in [0.4, 0.5) is 5.69 Å². The van der Waals surface area contributed by atoms with Gasteiger partial charge < -0.3 is 10.2 Å². The van der Waals surface area contributed by atoms with Crippen molar-refractivity contribution in [3.8, 4) is 0 Å². The van der Waals surface area contributed by atoms with Gasteiger partial charge in [-0.05, 0) is 50.3 Å². The smallest absolute Gasteiger partial charge is 0.244 e. The zero-order valence-corrected chi connectivity index (χ0v) is 14.0. The predicted octanol–water partition coefficient (Wildman–Crippen LogP) is 3.82. The molecule has 1 aromatic carbocycles. The second-order valence-electron chi connectivity index (χ2n) is 5.84. The van der Waals surface area contributed by atoms with E-state index in [4.69, 9.17) is 0 Å². The lowest BCUT2D eigenvalue weighted by molar-refractivity contribution is -0.132. The average Bonchev–Trinajstić information content (AvgIpc) is 2.43. The van der Waals surface area contributed by atoms with E-state index in [1.165, 1.54) is 5.56 Å². The molecule has 1 saturated heterocycles. The lowest BCUT2D eigenvalue weighted by atomic mass is 9.99. The van der Waals surface area contributed by atoms with Crippen molar-refractivity contribution in [2.24, 2.45) is 5.92 Å². The van der Waals surface area contributed by atoms with Crippen LogP contribution >= 0.6 is 15.9 Å². The number of hydrogen-bond donors (Lipinski definition) is 1. The first-order valence-corrected chi connectivity index (χ1v) is 8.08. The summed E-state index contributed by atoms with van der Waals surface area (Å²) in [6.45, 7) is 8.03. The van der Waals surface area contributed by atoms with Gasteiger partial charge in [-0.3, -0.25) is 4.79 Å². The fraction of sp³-hybridized carbons (Fsp3) is 0.562. The van der Waals surface area contributed by atoms with Crippen LogP contribution < -0.4 is 5.32 Å². The number of benzene rings is 1. The van der Waals surface area contributed by atoms with Crippen molar-refractivity contribution in [3.63, 3.8) is 0 Å². The maximum atomic E-state index is 12.4. The SMILES string of the molecule is Cc1ccc(NC(C)C(=O)N2CCC(C)CC2)cc1Br. The normalized spacial score (nSPS) is 17.9. The Labute approximate surface area is 129 Å². The summed E-state index contributed by atoms with van der Waals surface area (Å²) in [6, 6.07) is 5.91. The molecule has 1 atom stereocenters.